The fourth-order valence-electron chi connectivity index (χ4n) is 0.542. The van der Waals surface area contributed by atoms with Crippen LogP contribution in [-0.2, 0) is 0 Å². The van der Waals surface area contributed by atoms with E-state index in [2.05, 4.69) is 44.7 Å². The van der Waals surface area contributed by atoms with Crippen LogP contribution in [0.5, 0.6) is 0 Å². The summed E-state index contributed by atoms with van der Waals surface area (Å²) >= 11 is 2.13. The third-order valence-corrected chi connectivity index (χ3v) is 1.94. The lowest BCUT2D eigenvalue weighted by molar-refractivity contribution is 0.677. The molecule has 1 atom stereocenters. The highest BCUT2D eigenvalue weighted by atomic mass is 127. The SMILES string of the molecule is CC=C(NI)[C@H](C)NC. The molecule has 0 amide bonds. The summed E-state index contributed by atoms with van der Waals surface area (Å²) in [6.45, 7) is 4.13. The molecule has 54 valence electrons. The molecule has 0 aromatic heterocycles. The second-order valence-corrected chi connectivity index (χ2v) is 2.39. The smallest absolute Gasteiger partial charge is 0.0558 e. The van der Waals surface area contributed by atoms with Crippen molar-refractivity contribution in [3.63, 3.8) is 0 Å². The molecule has 0 saturated heterocycles. The molecule has 0 rings (SSSR count). The number of allylic oxidation sites excluding steroid dienone is 1. The molecular weight excluding hydrogens is 227 g/mol. The number of halogens is 1. The largest absolute Gasteiger partial charge is 0.331 e. The predicted octanol–water partition coefficient (Wildman–Crippen LogP) is 1.44. The Bertz CT molecular complexity index is 101. The Labute approximate surface area is 70.6 Å². The van der Waals surface area contributed by atoms with E-state index in [4.69, 9.17) is 0 Å². The van der Waals surface area contributed by atoms with Crippen LogP contribution in [0.1, 0.15) is 13.8 Å². The van der Waals surface area contributed by atoms with Gasteiger partial charge in [-0.25, -0.2) is 0 Å². The summed E-state index contributed by atoms with van der Waals surface area (Å²) in [6.07, 6.45) is 2.06. The summed E-state index contributed by atoms with van der Waals surface area (Å²) in [5.41, 5.74) is 1.22. The summed E-state index contributed by atoms with van der Waals surface area (Å²) in [5.74, 6) is 0. The van der Waals surface area contributed by atoms with Gasteiger partial charge in [0, 0.05) is 11.7 Å². The summed E-state index contributed by atoms with van der Waals surface area (Å²) in [6, 6.07) is 0.423. The van der Waals surface area contributed by atoms with Gasteiger partial charge >= 0.3 is 0 Å². The Morgan fingerprint density at radius 1 is 1.67 bits per heavy atom. The highest BCUT2D eigenvalue weighted by Gasteiger charge is 2.00. The van der Waals surface area contributed by atoms with Gasteiger partial charge in [0.15, 0.2) is 0 Å². The van der Waals surface area contributed by atoms with E-state index in [0.717, 1.165) is 0 Å². The van der Waals surface area contributed by atoms with Crippen molar-refractivity contribution in [2.24, 2.45) is 0 Å². The molecule has 0 spiro atoms. The van der Waals surface area contributed by atoms with Gasteiger partial charge in [0.05, 0.1) is 22.9 Å². The molecule has 0 saturated carbocycles. The second kappa shape index (κ2) is 5.05. The topological polar surface area (TPSA) is 24.1 Å². The van der Waals surface area contributed by atoms with Gasteiger partial charge in [-0.3, -0.25) is 0 Å². The van der Waals surface area contributed by atoms with E-state index in [1.54, 1.807) is 0 Å². The number of rotatable bonds is 3. The van der Waals surface area contributed by atoms with Crippen LogP contribution >= 0.6 is 22.9 Å². The van der Waals surface area contributed by atoms with Gasteiger partial charge in [0.1, 0.15) is 0 Å². The van der Waals surface area contributed by atoms with E-state index in [-0.39, 0.29) is 0 Å². The average molecular weight is 240 g/mol. The summed E-state index contributed by atoms with van der Waals surface area (Å²) < 4.78 is 3.07. The van der Waals surface area contributed by atoms with Crippen LogP contribution in [0.2, 0.25) is 0 Å². The van der Waals surface area contributed by atoms with Crippen molar-refractivity contribution in [2.75, 3.05) is 7.05 Å². The van der Waals surface area contributed by atoms with Crippen molar-refractivity contribution >= 4 is 22.9 Å². The minimum atomic E-state index is 0.423. The van der Waals surface area contributed by atoms with Crippen LogP contribution in [0, 0.1) is 0 Å². The Morgan fingerprint density at radius 2 is 2.22 bits per heavy atom. The van der Waals surface area contributed by atoms with Crippen molar-refractivity contribution in [1.82, 2.24) is 8.85 Å². The maximum atomic E-state index is 3.13. The molecule has 0 aromatic rings. The van der Waals surface area contributed by atoms with Gasteiger partial charge in [-0.1, -0.05) is 6.08 Å². The van der Waals surface area contributed by atoms with E-state index in [9.17, 15) is 0 Å². The molecule has 0 unspecified atom stereocenters. The fourth-order valence-corrected chi connectivity index (χ4v) is 1.32. The zero-order valence-corrected chi connectivity index (χ0v) is 8.19. The zero-order valence-electron chi connectivity index (χ0n) is 6.03. The Kier molecular flexibility index (Phi) is 5.18. The van der Waals surface area contributed by atoms with Crippen molar-refractivity contribution in [3.8, 4) is 0 Å². The highest BCUT2D eigenvalue weighted by molar-refractivity contribution is 14.1. The Balaban J connectivity index is 3.80. The van der Waals surface area contributed by atoms with Crippen LogP contribution in [0.3, 0.4) is 0 Å². The monoisotopic (exact) mass is 240 g/mol. The Hall–Kier alpha value is 0.230. The summed E-state index contributed by atoms with van der Waals surface area (Å²) in [7, 11) is 1.95. The van der Waals surface area contributed by atoms with Gasteiger partial charge in [-0.15, -0.1) is 0 Å². The molecule has 0 radical (unpaired) electrons. The normalized spacial score (nSPS) is 15.3. The van der Waals surface area contributed by atoms with Crippen molar-refractivity contribution < 1.29 is 0 Å². The molecule has 2 N–H and O–H groups in total. The number of hydrogen-bond donors (Lipinski definition) is 2. The molecule has 0 heterocycles. The van der Waals surface area contributed by atoms with Gasteiger partial charge in [-0.05, 0) is 20.9 Å². The highest BCUT2D eigenvalue weighted by Crippen LogP contribution is 1.97. The molecule has 0 aliphatic rings. The molecule has 0 aliphatic heterocycles. The third-order valence-electron chi connectivity index (χ3n) is 1.32. The molecule has 0 bridgehead atoms. The second-order valence-electron chi connectivity index (χ2n) is 1.85. The summed E-state index contributed by atoms with van der Waals surface area (Å²) in [5, 5.41) is 3.13. The zero-order chi connectivity index (χ0) is 7.28. The van der Waals surface area contributed by atoms with E-state index in [0.29, 0.717) is 6.04 Å². The van der Waals surface area contributed by atoms with Crippen molar-refractivity contribution in [2.45, 2.75) is 19.9 Å². The third kappa shape index (κ3) is 3.05. The maximum Gasteiger partial charge on any atom is 0.0558 e. The van der Waals surface area contributed by atoms with Crippen LogP contribution in [0.4, 0.5) is 0 Å². The van der Waals surface area contributed by atoms with E-state index in [1.807, 2.05) is 14.0 Å². The lowest BCUT2D eigenvalue weighted by Crippen LogP contribution is -2.27. The van der Waals surface area contributed by atoms with Crippen LogP contribution in [0.25, 0.3) is 0 Å². The fraction of sp³-hybridized carbons (Fsp3) is 0.667. The quantitative estimate of drug-likeness (QED) is 0.576. The Morgan fingerprint density at radius 3 is 2.33 bits per heavy atom. The molecule has 0 aliphatic carbocycles. The van der Waals surface area contributed by atoms with Gasteiger partial charge in [-0.2, -0.15) is 0 Å². The number of hydrogen-bond acceptors (Lipinski definition) is 2. The maximum absolute atomic E-state index is 3.13. The number of nitrogens with one attached hydrogen (secondary N) is 2. The molecular formula is C6H13IN2. The van der Waals surface area contributed by atoms with E-state index >= 15 is 0 Å². The summed E-state index contributed by atoms with van der Waals surface area (Å²) in [4.78, 5) is 0. The van der Waals surface area contributed by atoms with Crippen LogP contribution in [-0.4, -0.2) is 13.1 Å². The molecule has 0 fully saturated rings. The minimum Gasteiger partial charge on any atom is -0.331 e. The lowest BCUT2D eigenvalue weighted by atomic mass is 10.2. The van der Waals surface area contributed by atoms with Crippen molar-refractivity contribution in [1.29, 1.82) is 0 Å². The predicted molar refractivity (Wildman–Crippen MR) is 49.4 cm³/mol. The van der Waals surface area contributed by atoms with Gasteiger partial charge in [0.2, 0.25) is 0 Å². The van der Waals surface area contributed by atoms with Gasteiger partial charge in [0.25, 0.3) is 0 Å². The van der Waals surface area contributed by atoms with Crippen molar-refractivity contribution in [3.05, 3.63) is 11.8 Å². The van der Waals surface area contributed by atoms with Crippen LogP contribution < -0.4 is 8.85 Å². The standard InChI is InChI=1S/C6H13IN2/c1-4-6(9-7)5(2)8-3/h4-5,8-9H,1-3H3/t5-/m0/s1. The molecule has 3 heteroatoms. The van der Waals surface area contributed by atoms with Gasteiger partial charge < -0.3 is 8.85 Å². The van der Waals surface area contributed by atoms with Crippen LogP contribution in [0.15, 0.2) is 11.8 Å². The van der Waals surface area contributed by atoms with E-state index < -0.39 is 0 Å². The molecule has 9 heavy (non-hydrogen) atoms. The number of likely N-dealkylation sites (N-methyl/N-ethyl adjacent to an activating group) is 1. The first-order chi connectivity index (χ1) is 4.26. The van der Waals surface area contributed by atoms with E-state index in [1.165, 1.54) is 5.70 Å². The first-order valence-corrected chi connectivity index (χ1v) is 4.04. The molecule has 2 nitrogen and oxygen atoms in total. The average Bonchev–Trinajstić information content (AvgIpc) is 1.90. The molecule has 0 aromatic carbocycles. The lowest BCUT2D eigenvalue weighted by Gasteiger charge is -2.12. The first kappa shape index (κ1) is 9.23. The minimum absolute atomic E-state index is 0.423. The first-order valence-electron chi connectivity index (χ1n) is 2.96.